The molecule has 0 atom stereocenters. The molecule has 4 rings (SSSR count). The van der Waals surface area contributed by atoms with Gasteiger partial charge in [0.25, 0.3) is 11.1 Å². The summed E-state index contributed by atoms with van der Waals surface area (Å²) in [5.74, 6) is 0.0348. The van der Waals surface area contributed by atoms with E-state index >= 15 is 0 Å². The topological polar surface area (TPSA) is 120 Å². The monoisotopic (exact) mass is 484 g/mol. The molecule has 0 aromatic heterocycles. The SMILES string of the molecule is CCOc1cc(/C=C2/SC(=O)N(CC(=O)Nc3ccc4c(c3)OCO4)C2=O)ccc1OC(C)=O. The van der Waals surface area contributed by atoms with Crippen molar-refractivity contribution in [3.05, 3.63) is 46.9 Å². The molecule has 2 aromatic carbocycles. The molecule has 176 valence electrons. The number of esters is 1. The van der Waals surface area contributed by atoms with Crippen LogP contribution in [-0.2, 0) is 14.4 Å². The van der Waals surface area contributed by atoms with E-state index in [1.54, 1.807) is 43.3 Å². The molecule has 0 aliphatic carbocycles. The Bertz CT molecular complexity index is 1210. The van der Waals surface area contributed by atoms with Crippen LogP contribution in [0.3, 0.4) is 0 Å². The number of imide groups is 1. The molecule has 0 saturated carbocycles. The predicted octanol–water partition coefficient (Wildman–Crippen LogP) is 3.41. The average Bonchev–Trinajstić information content (AvgIpc) is 3.35. The van der Waals surface area contributed by atoms with Crippen LogP contribution in [0, 0.1) is 0 Å². The number of hydrogen-bond acceptors (Lipinski definition) is 9. The fourth-order valence-electron chi connectivity index (χ4n) is 3.23. The number of ether oxygens (including phenoxy) is 4. The fourth-order valence-corrected chi connectivity index (χ4v) is 4.07. The van der Waals surface area contributed by atoms with Crippen molar-refractivity contribution in [1.29, 1.82) is 0 Å². The van der Waals surface area contributed by atoms with Crippen LogP contribution in [0.2, 0.25) is 0 Å². The molecule has 3 amide bonds. The van der Waals surface area contributed by atoms with Gasteiger partial charge in [-0.25, -0.2) is 0 Å². The van der Waals surface area contributed by atoms with Crippen molar-refractivity contribution < 1.29 is 38.1 Å². The van der Waals surface area contributed by atoms with Crippen LogP contribution in [0.15, 0.2) is 41.3 Å². The molecule has 2 aromatic rings. The molecule has 2 aliphatic heterocycles. The highest BCUT2D eigenvalue weighted by atomic mass is 32.2. The van der Waals surface area contributed by atoms with Crippen molar-refractivity contribution in [3.8, 4) is 23.0 Å². The number of benzene rings is 2. The molecular formula is C23H20N2O8S. The largest absolute Gasteiger partial charge is 0.490 e. The van der Waals surface area contributed by atoms with Crippen LogP contribution in [0.25, 0.3) is 6.08 Å². The molecule has 2 heterocycles. The molecule has 0 unspecified atom stereocenters. The van der Waals surface area contributed by atoms with Crippen LogP contribution in [0.4, 0.5) is 10.5 Å². The Morgan fingerprint density at radius 1 is 1.12 bits per heavy atom. The van der Waals surface area contributed by atoms with Gasteiger partial charge in [-0.15, -0.1) is 0 Å². The zero-order valence-electron chi connectivity index (χ0n) is 18.3. The van der Waals surface area contributed by atoms with Crippen LogP contribution >= 0.6 is 11.8 Å². The van der Waals surface area contributed by atoms with Crippen molar-refractivity contribution in [2.45, 2.75) is 13.8 Å². The summed E-state index contributed by atoms with van der Waals surface area (Å²) in [6, 6.07) is 9.66. The number of rotatable bonds is 7. The molecule has 1 N–H and O–H groups in total. The van der Waals surface area contributed by atoms with Crippen LogP contribution in [0.1, 0.15) is 19.4 Å². The van der Waals surface area contributed by atoms with Crippen molar-refractivity contribution >= 4 is 46.5 Å². The lowest BCUT2D eigenvalue weighted by Gasteiger charge is -2.13. The van der Waals surface area contributed by atoms with Crippen molar-refractivity contribution in [2.24, 2.45) is 0 Å². The molecule has 0 radical (unpaired) electrons. The predicted molar refractivity (Wildman–Crippen MR) is 123 cm³/mol. The third-order valence-electron chi connectivity index (χ3n) is 4.65. The highest BCUT2D eigenvalue weighted by molar-refractivity contribution is 8.18. The van der Waals surface area contributed by atoms with Gasteiger partial charge >= 0.3 is 5.97 Å². The summed E-state index contributed by atoms with van der Waals surface area (Å²) in [5.41, 5.74) is 1.02. The van der Waals surface area contributed by atoms with E-state index in [9.17, 15) is 19.2 Å². The number of hydrogen-bond donors (Lipinski definition) is 1. The Labute approximate surface area is 198 Å². The van der Waals surface area contributed by atoms with Crippen molar-refractivity contribution in [2.75, 3.05) is 25.3 Å². The molecule has 1 saturated heterocycles. The molecule has 0 bridgehead atoms. The summed E-state index contributed by atoms with van der Waals surface area (Å²) in [6.45, 7) is 3.07. The summed E-state index contributed by atoms with van der Waals surface area (Å²) in [6.07, 6.45) is 1.51. The minimum atomic E-state index is -0.585. The number of thioether (sulfide) groups is 1. The molecule has 10 nitrogen and oxygen atoms in total. The Morgan fingerprint density at radius 3 is 2.68 bits per heavy atom. The first-order valence-electron chi connectivity index (χ1n) is 10.2. The third kappa shape index (κ3) is 5.15. The van der Waals surface area contributed by atoms with Gasteiger partial charge in [-0.3, -0.25) is 24.1 Å². The number of fused-ring (bicyclic) bond motifs is 1. The second-order valence-electron chi connectivity index (χ2n) is 7.12. The van der Waals surface area contributed by atoms with E-state index in [0.717, 1.165) is 16.7 Å². The van der Waals surface area contributed by atoms with Gasteiger partial charge in [0.15, 0.2) is 23.0 Å². The smallest absolute Gasteiger partial charge is 0.308 e. The Hall–Kier alpha value is -3.99. The zero-order valence-corrected chi connectivity index (χ0v) is 19.1. The molecular weight excluding hydrogens is 464 g/mol. The number of amides is 3. The average molecular weight is 484 g/mol. The quantitative estimate of drug-likeness (QED) is 0.358. The van der Waals surface area contributed by atoms with Crippen LogP contribution in [-0.4, -0.2) is 47.9 Å². The summed E-state index contributed by atoms with van der Waals surface area (Å²) in [7, 11) is 0. The van der Waals surface area contributed by atoms with E-state index in [1.165, 1.54) is 13.0 Å². The Kier molecular flexibility index (Phi) is 6.73. The highest BCUT2D eigenvalue weighted by Crippen LogP contribution is 2.36. The van der Waals surface area contributed by atoms with Gasteiger partial charge in [-0.05, 0) is 54.6 Å². The molecule has 1 fully saturated rings. The highest BCUT2D eigenvalue weighted by Gasteiger charge is 2.36. The number of nitrogens with one attached hydrogen (secondary N) is 1. The van der Waals surface area contributed by atoms with Crippen LogP contribution in [0.5, 0.6) is 23.0 Å². The first-order valence-corrected chi connectivity index (χ1v) is 11.1. The molecule has 11 heteroatoms. The van der Waals surface area contributed by atoms with E-state index in [-0.39, 0.29) is 17.4 Å². The van der Waals surface area contributed by atoms with E-state index in [1.807, 2.05) is 0 Å². The number of nitrogens with zero attached hydrogens (tertiary/aromatic N) is 1. The van der Waals surface area contributed by atoms with E-state index in [4.69, 9.17) is 18.9 Å². The minimum Gasteiger partial charge on any atom is -0.490 e. The lowest BCUT2D eigenvalue weighted by atomic mass is 10.2. The fraction of sp³-hybridized carbons (Fsp3) is 0.217. The van der Waals surface area contributed by atoms with Gasteiger partial charge in [0.1, 0.15) is 6.54 Å². The zero-order chi connectivity index (χ0) is 24.2. The van der Waals surface area contributed by atoms with Crippen LogP contribution < -0.4 is 24.3 Å². The standard InChI is InChI=1S/C23H20N2O8S/c1-3-30-18-8-14(4-6-17(18)33-13(2)26)9-20-22(28)25(23(29)34-20)11-21(27)24-15-5-7-16-19(10-15)32-12-31-16/h4-10H,3,11-12H2,1-2H3,(H,24,27)/b20-9+. The maximum atomic E-state index is 12.8. The van der Waals surface area contributed by atoms with E-state index < -0.39 is 29.6 Å². The molecule has 2 aliphatic rings. The second-order valence-corrected chi connectivity index (χ2v) is 8.11. The lowest BCUT2D eigenvalue weighted by Crippen LogP contribution is -2.36. The number of carbonyl (C=O) groups excluding carboxylic acids is 4. The number of anilines is 1. The maximum absolute atomic E-state index is 12.8. The maximum Gasteiger partial charge on any atom is 0.308 e. The first kappa shape index (κ1) is 23.2. The van der Waals surface area contributed by atoms with E-state index in [2.05, 4.69) is 5.32 Å². The first-order chi connectivity index (χ1) is 16.3. The minimum absolute atomic E-state index is 0.106. The lowest BCUT2D eigenvalue weighted by molar-refractivity contribution is -0.132. The summed E-state index contributed by atoms with van der Waals surface area (Å²) in [5, 5.41) is 2.08. The van der Waals surface area contributed by atoms with Gasteiger partial charge in [0, 0.05) is 18.7 Å². The van der Waals surface area contributed by atoms with E-state index in [0.29, 0.717) is 35.1 Å². The van der Waals surface area contributed by atoms with Gasteiger partial charge in [-0.2, -0.15) is 0 Å². The molecule has 0 spiro atoms. The van der Waals surface area contributed by atoms with Crippen molar-refractivity contribution in [1.82, 2.24) is 4.90 Å². The Balaban J connectivity index is 1.45. The summed E-state index contributed by atoms with van der Waals surface area (Å²) < 4.78 is 21.1. The van der Waals surface area contributed by atoms with Gasteiger partial charge < -0.3 is 24.3 Å². The third-order valence-corrected chi connectivity index (χ3v) is 5.56. The van der Waals surface area contributed by atoms with Gasteiger partial charge in [0.05, 0.1) is 11.5 Å². The normalized spacial score (nSPS) is 15.6. The summed E-state index contributed by atoms with van der Waals surface area (Å²) >= 11 is 0.731. The van der Waals surface area contributed by atoms with Crippen molar-refractivity contribution in [3.63, 3.8) is 0 Å². The van der Waals surface area contributed by atoms with Gasteiger partial charge in [0.2, 0.25) is 12.7 Å². The molecule has 34 heavy (non-hydrogen) atoms. The Morgan fingerprint density at radius 2 is 1.91 bits per heavy atom. The second kappa shape index (κ2) is 9.87. The summed E-state index contributed by atoms with van der Waals surface area (Å²) in [4.78, 5) is 49.9. The van der Waals surface area contributed by atoms with Gasteiger partial charge in [-0.1, -0.05) is 6.07 Å². The number of carbonyl (C=O) groups is 4.